The van der Waals surface area contributed by atoms with E-state index in [1.807, 2.05) is 0 Å². The summed E-state index contributed by atoms with van der Waals surface area (Å²) >= 11 is 0. The number of aliphatic hydroxyl groups is 1. The second-order valence-electron chi connectivity index (χ2n) is 2.76. The van der Waals surface area contributed by atoms with Gasteiger partial charge in [-0.15, -0.1) is 0 Å². The van der Waals surface area contributed by atoms with Gasteiger partial charge < -0.3 is 9.84 Å². The smallest absolute Gasteiger partial charge is 0.128 e. The Balaban J connectivity index is 2.40. The van der Waals surface area contributed by atoms with Crippen LogP contribution in [-0.2, 0) is 17.8 Å². The molecule has 0 unspecified atom stereocenters. The van der Waals surface area contributed by atoms with Crippen molar-refractivity contribution in [1.29, 1.82) is 0 Å². The average Bonchev–Trinajstić information content (AvgIpc) is 2.19. The molecule has 4 nitrogen and oxygen atoms in total. The zero-order valence-electron chi connectivity index (χ0n) is 7.73. The van der Waals surface area contributed by atoms with E-state index in [9.17, 15) is 0 Å². The van der Waals surface area contributed by atoms with Crippen LogP contribution in [-0.4, -0.2) is 28.8 Å². The Kier molecular flexibility index (Phi) is 4.35. The van der Waals surface area contributed by atoms with Crippen molar-refractivity contribution < 1.29 is 9.84 Å². The lowest BCUT2D eigenvalue weighted by atomic mass is 10.3. The van der Waals surface area contributed by atoms with Gasteiger partial charge in [-0.2, -0.15) is 0 Å². The third-order valence-electron chi connectivity index (χ3n) is 1.69. The fraction of sp³-hybridized carbons (Fsp3) is 0.556. The van der Waals surface area contributed by atoms with Crippen LogP contribution >= 0.6 is 0 Å². The molecular formula is C9H14N2O2. The molecule has 1 N–H and O–H groups in total. The summed E-state index contributed by atoms with van der Waals surface area (Å²) in [5.74, 6) is 0.800. The normalized spacial score (nSPS) is 10.3. The first-order chi connectivity index (χ1) is 6.36. The zero-order valence-corrected chi connectivity index (χ0v) is 7.73. The molecule has 0 saturated carbocycles. The first kappa shape index (κ1) is 10.1. The fourth-order valence-electron chi connectivity index (χ4n) is 0.967. The maximum atomic E-state index is 8.74. The van der Waals surface area contributed by atoms with Crippen LogP contribution in [0.4, 0.5) is 0 Å². The number of methoxy groups -OCH3 is 1. The highest BCUT2D eigenvalue weighted by atomic mass is 16.5. The molecule has 13 heavy (non-hydrogen) atoms. The Morgan fingerprint density at radius 1 is 1.38 bits per heavy atom. The van der Waals surface area contributed by atoms with Gasteiger partial charge in [-0.1, -0.05) is 0 Å². The summed E-state index contributed by atoms with van der Waals surface area (Å²) in [7, 11) is 1.68. The number of ether oxygens (including phenoxy) is 1. The van der Waals surface area contributed by atoms with Crippen LogP contribution < -0.4 is 0 Å². The van der Waals surface area contributed by atoms with Gasteiger partial charge >= 0.3 is 0 Å². The Labute approximate surface area is 77.6 Å². The van der Waals surface area contributed by atoms with E-state index in [2.05, 4.69) is 9.97 Å². The van der Waals surface area contributed by atoms with Crippen LogP contribution in [0.2, 0.25) is 0 Å². The Morgan fingerprint density at radius 2 is 2.08 bits per heavy atom. The molecule has 1 aromatic heterocycles. The predicted molar refractivity (Wildman–Crippen MR) is 48.2 cm³/mol. The van der Waals surface area contributed by atoms with Gasteiger partial charge in [-0.05, 0) is 6.42 Å². The monoisotopic (exact) mass is 182 g/mol. The van der Waals surface area contributed by atoms with E-state index in [1.165, 1.54) is 0 Å². The molecule has 0 aliphatic heterocycles. The molecule has 0 amide bonds. The van der Waals surface area contributed by atoms with E-state index in [0.29, 0.717) is 0 Å². The third kappa shape index (κ3) is 3.48. The van der Waals surface area contributed by atoms with Gasteiger partial charge in [0.2, 0.25) is 0 Å². The van der Waals surface area contributed by atoms with Crippen molar-refractivity contribution in [3.8, 4) is 0 Å². The van der Waals surface area contributed by atoms with E-state index in [0.717, 1.165) is 30.8 Å². The molecule has 1 rings (SSSR count). The Morgan fingerprint density at radius 3 is 2.62 bits per heavy atom. The molecule has 0 fully saturated rings. The fourth-order valence-corrected chi connectivity index (χ4v) is 0.967. The number of hydrogen-bond acceptors (Lipinski definition) is 4. The molecule has 72 valence electrons. The maximum absolute atomic E-state index is 8.74. The minimum Gasteiger partial charge on any atom is -0.392 e. The number of aromatic nitrogens is 2. The van der Waals surface area contributed by atoms with E-state index in [-0.39, 0.29) is 6.61 Å². The number of aryl methyl sites for hydroxylation is 1. The van der Waals surface area contributed by atoms with Gasteiger partial charge in [-0.3, -0.25) is 0 Å². The minimum absolute atomic E-state index is 0.00164. The van der Waals surface area contributed by atoms with Crippen molar-refractivity contribution >= 4 is 0 Å². The lowest BCUT2D eigenvalue weighted by molar-refractivity contribution is 0.194. The molecule has 0 radical (unpaired) electrons. The Bertz CT molecular complexity index is 236. The van der Waals surface area contributed by atoms with Crippen molar-refractivity contribution in [1.82, 2.24) is 9.97 Å². The van der Waals surface area contributed by atoms with Gasteiger partial charge in [0.1, 0.15) is 5.82 Å². The number of nitrogens with zero attached hydrogens (tertiary/aromatic N) is 2. The summed E-state index contributed by atoms with van der Waals surface area (Å²) in [6.45, 7) is 0.726. The van der Waals surface area contributed by atoms with E-state index < -0.39 is 0 Å². The highest BCUT2D eigenvalue weighted by Crippen LogP contribution is 1.98. The van der Waals surface area contributed by atoms with E-state index in [4.69, 9.17) is 9.84 Å². The third-order valence-corrected chi connectivity index (χ3v) is 1.69. The summed E-state index contributed by atoms with van der Waals surface area (Å²) in [6.07, 6.45) is 5.04. The standard InChI is InChI=1S/C9H14N2O2/c1-13-4-2-3-9-10-5-8(7-12)6-11-9/h5-6,12H,2-4,7H2,1H3. The molecular weight excluding hydrogens is 168 g/mol. The molecule has 1 heterocycles. The minimum atomic E-state index is -0.00164. The van der Waals surface area contributed by atoms with Crippen molar-refractivity contribution in [3.63, 3.8) is 0 Å². The molecule has 0 aliphatic carbocycles. The molecule has 4 heteroatoms. The number of hydrogen-bond donors (Lipinski definition) is 1. The van der Waals surface area contributed by atoms with Crippen LogP contribution in [0, 0.1) is 0 Å². The molecule has 1 aromatic rings. The van der Waals surface area contributed by atoms with Crippen LogP contribution in [0.5, 0.6) is 0 Å². The summed E-state index contributed by atoms with van der Waals surface area (Å²) < 4.78 is 4.91. The number of rotatable bonds is 5. The summed E-state index contributed by atoms with van der Waals surface area (Å²) in [4.78, 5) is 8.19. The SMILES string of the molecule is COCCCc1ncc(CO)cn1. The van der Waals surface area contributed by atoms with E-state index >= 15 is 0 Å². The summed E-state index contributed by atoms with van der Waals surface area (Å²) in [5.41, 5.74) is 0.746. The highest BCUT2D eigenvalue weighted by molar-refractivity contribution is 5.03. The topological polar surface area (TPSA) is 55.2 Å². The molecule has 0 spiro atoms. The zero-order chi connectivity index (χ0) is 9.52. The van der Waals surface area contributed by atoms with Crippen molar-refractivity contribution in [2.75, 3.05) is 13.7 Å². The molecule has 0 saturated heterocycles. The molecule has 0 aromatic carbocycles. The second kappa shape index (κ2) is 5.61. The van der Waals surface area contributed by atoms with Crippen molar-refractivity contribution in [2.24, 2.45) is 0 Å². The largest absolute Gasteiger partial charge is 0.392 e. The van der Waals surface area contributed by atoms with Crippen molar-refractivity contribution in [3.05, 3.63) is 23.8 Å². The Hall–Kier alpha value is -1.00. The summed E-state index contributed by atoms with van der Waals surface area (Å²) in [6, 6.07) is 0. The van der Waals surface area contributed by atoms with Crippen LogP contribution in [0.3, 0.4) is 0 Å². The van der Waals surface area contributed by atoms with Crippen LogP contribution in [0.1, 0.15) is 17.8 Å². The quantitative estimate of drug-likeness (QED) is 0.675. The van der Waals surface area contributed by atoms with Crippen molar-refractivity contribution in [2.45, 2.75) is 19.4 Å². The van der Waals surface area contributed by atoms with Gasteiger partial charge in [0.15, 0.2) is 0 Å². The molecule has 0 aliphatic rings. The lowest BCUT2D eigenvalue weighted by Crippen LogP contribution is -1.99. The van der Waals surface area contributed by atoms with Crippen LogP contribution in [0.15, 0.2) is 12.4 Å². The molecule has 0 atom stereocenters. The van der Waals surface area contributed by atoms with Gasteiger partial charge in [0.25, 0.3) is 0 Å². The first-order valence-corrected chi connectivity index (χ1v) is 4.26. The number of aliphatic hydroxyl groups excluding tert-OH is 1. The lowest BCUT2D eigenvalue weighted by Gasteiger charge is -1.99. The van der Waals surface area contributed by atoms with Gasteiger partial charge in [0, 0.05) is 38.1 Å². The predicted octanol–water partition coefficient (Wildman–Crippen LogP) is 0.548. The molecule has 0 bridgehead atoms. The highest BCUT2D eigenvalue weighted by Gasteiger charge is 1.96. The van der Waals surface area contributed by atoms with Crippen LogP contribution in [0.25, 0.3) is 0 Å². The maximum Gasteiger partial charge on any atom is 0.128 e. The van der Waals surface area contributed by atoms with Gasteiger partial charge in [-0.25, -0.2) is 9.97 Å². The first-order valence-electron chi connectivity index (χ1n) is 4.26. The van der Waals surface area contributed by atoms with E-state index in [1.54, 1.807) is 19.5 Å². The average molecular weight is 182 g/mol. The summed E-state index contributed by atoms with van der Waals surface area (Å²) in [5, 5.41) is 8.74. The second-order valence-corrected chi connectivity index (χ2v) is 2.76. The van der Waals surface area contributed by atoms with Gasteiger partial charge in [0.05, 0.1) is 6.61 Å².